The predicted molar refractivity (Wildman–Crippen MR) is 82.0 cm³/mol. The molecule has 0 radical (unpaired) electrons. The summed E-state index contributed by atoms with van der Waals surface area (Å²) in [6.07, 6.45) is 6.70. The Labute approximate surface area is 126 Å². The van der Waals surface area contributed by atoms with Crippen molar-refractivity contribution in [3.8, 4) is 0 Å². The number of halogens is 1. The highest BCUT2D eigenvalue weighted by Gasteiger charge is 2.20. The summed E-state index contributed by atoms with van der Waals surface area (Å²) in [4.78, 5) is 17.0. The van der Waals surface area contributed by atoms with Crippen LogP contribution in [0.1, 0.15) is 25.7 Å². The van der Waals surface area contributed by atoms with Crippen molar-refractivity contribution in [3.63, 3.8) is 0 Å². The lowest BCUT2D eigenvalue weighted by atomic mass is 10.2. The second-order valence-electron chi connectivity index (χ2n) is 5.12. The van der Waals surface area contributed by atoms with E-state index in [1.54, 1.807) is 6.20 Å². The van der Waals surface area contributed by atoms with Crippen molar-refractivity contribution in [1.82, 2.24) is 9.88 Å². The average molecular weight is 343 g/mol. The van der Waals surface area contributed by atoms with Crippen LogP contribution in [-0.2, 0) is 0 Å². The van der Waals surface area contributed by atoms with Crippen LogP contribution in [0.5, 0.6) is 0 Å². The molecule has 1 aliphatic carbocycles. The van der Waals surface area contributed by atoms with E-state index in [2.05, 4.69) is 38.2 Å². The Hall–Kier alpha value is -1.21. The lowest BCUT2D eigenvalue weighted by Crippen LogP contribution is -2.33. The van der Waals surface area contributed by atoms with Gasteiger partial charge in [-0.05, 0) is 35.8 Å². The van der Waals surface area contributed by atoms with Crippen LogP contribution in [0.2, 0.25) is 0 Å². The van der Waals surface area contributed by atoms with Crippen molar-refractivity contribution in [2.75, 3.05) is 25.5 Å². The summed E-state index contributed by atoms with van der Waals surface area (Å²) < 4.78 is 0.609. The molecular weight excluding hydrogens is 324 g/mol. The summed E-state index contributed by atoms with van der Waals surface area (Å²) in [5.41, 5.74) is 0.00268. The first-order valence-electron chi connectivity index (χ1n) is 6.82. The molecule has 1 N–H and O–H groups in total. The SMILES string of the molecule is CN(CCNc1ncc(Br)cc1[N+](=O)[O-])C1CCCC1. The largest absolute Gasteiger partial charge is 0.363 e. The van der Waals surface area contributed by atoms with Gasteiger partial charge < -0.3 is 10.2 Å². The normalized spacial score (nSPS) is 15.8. The number of anilines is 1. The summed E-state index contributed by atoms with van der Waals surface area (Å²) in [5.74, 6) is 0.332. The Morgan fingerprint density at radius 1 is 1.55 bits per heavy atom. The molecular formula is C13H19BrN4O2. The second kappa shape index (κ2) is 6.99. The summed E-state index contributed by atoms with van der Waals surface area (Å²) in [6, 6.07) is 2.13. The van der Waals surface area contributed by atoms with Gasteiger partial charge in [0.2, 0.25) is 5.82 Å². The highest BCUT2D eigenvalue weighted by molar-refractivity contribution is 9.10. The number of aromatic nitrogens is 1. The van der Waals surface area contributed by atoms with E-state index in [-0.39, 0.29) is 5.69 Å². The molecule has 1 heterocycles. The van der Waals surface area contributed by atoms with Crippen LogP contribution in [0, 0.1) is 10.1 Å². The highest BCUT2D eigenvalue weighted by Crippen LogP contribution is 2.25. The summed E-state index contributed by atoms with van der Waals surface area (Å²) in [6.45, 7) is 1.52. The smallest absolute Gasteiger partial charge is 0.312 e. The predicted octanol–water partition coefficient (Wildman–Crippen LogP) is 3.04. The zero-order valence-electron chi connectivity index (χ0n) is 11.5. The lowest BCUT2D eigenvalue weighted by molar-refractivity contribution is -0.384. The third-order valence-electron chi connectivity index (χ3n) is 3.74. The van der Waals surface area contributed by atoms with E-state index in [1.165, 1.54) is 31.7 Å². The first-order chi connectivity index (χ1) is 9.58. The molecule has 0 unspecified atom stereocenters. The van der Waals surface area contributed by atoms with Crippen LogP contribution in [0.15, 0.2) is 16.7 Å². The van der Waals surface area contributed by atoms with Gasteiger partial charge in [-0.2, -0.15) is 0 Å². The van der Waals surface area contributed by atoms with E-state index >= 15 is 0 Å². The maximum absolute atomic E-state index is 11.0. The fourth-order valence-electron chi connectivity index (χ4n) is 2.58. The van der Waals surface area contributed by atoms with Gasteiger partial charge in [-0.3, -0.25) is 10.1 Å². The number of hydrogen-bond donors (Lipinski definition) is 1. The Bertz CT molecular complexity index is 477. The molecule has 110 valence electrons. The fourth-order valence-corrected chi connectivity index (χ4v) is 2.90. The van der Waals surface area contributed by atoms with Crippen LogP contribution in [0.3, 0.4) is 0 Å². The molecule has 0 spiro atoms. The molecule has 0 aliphatic heterocycles. The lowest BCUT2D eigenvalue weighted by Gasteiger charge is -2.23. The third-order valence-corrected chi connectivity index (χ3v) is 4.17. The minimum atomic E-state index is -0.416. The van der Waals surface area contributed by atoms with Crippen molar-refractivity contribution >= 4 is 27.4 Å². The van der Waals surface area contributed by atoms with Crippen molar-refractivity contribution in [2.24, 2.45) is 0 Å². The van der Waals surface area contributed by atoms with Gasteiger partial charge in [0.05, 0.1) is 4.92 Å². The molecule has 2 rings (SSSR count). The van der Waals surface area contributed by atoms with E-state index in [4.69, 9.17) is 0 Å². The molecule has 0 aromatic carbocycles. The van der Waals surface area contributed by atoms with E-state index in [9.17, 15) is 10.1 Å². The summed E-state index contributed by atoms with van der Waals surface area (Å²) >= 11 is 3.20. The Balaban J connectivity index is 1.89. The third kappa shape index (κ3) is 3.89. The van der Waals surface area contributed by atoms with E-state index in [0.717, 1.165) is 6.54 Å². The molecule has 0 saturated heterocycles. The first-order valence-corrected chi connectivity index (χ1v) is 7.61. The van der Waals surface area contributed by atoms with Crippen molar-refractivity contribution in [3.05, 3.63) is 26.9 Å². The fraction of sp³-hybridized carbons (Fsp3) is 0.615. The second-order valence-corrected chi connectivity index (χ2v) is 6.04. The number of rotatable bonds is 6. The van der Waals surface area contributed by atoms with Crippen LogP contribution in [0.4, 0.5) is 11.5 Å². The maximum atomic E-state index is 11.0. The van der Waals surface area contributed by atoms with Crippen LogP contribution >= 0.6 is 15.9 Å². The Morgan fingerprint density at radius 3 is 2.90 bits per heavy atom. The Kier molecular flexibility index (Phi) is 5.31. The average Bonchev–Trinajstić information content (AvgIpc) is 2.94. The number of nitrogens with zero attached hydrogens (tertiary/aromatic N) is 3. The van der Waals surface area contributed by atoms with Gasteiger partial charge in [0.15, 0.2) is 0 Å². The monoisotopic (exact) mass is 342 g/mol. The van der Waals surface area contributed by atoms with E-state index < -0.39 is 4.92 Å². The molecule has 1 aromatic heterocycles. The summed E-state index contributed by atoms with van der Waals surface area (Å²) in [5, 5.41) is 14.0. The van der Waals surface area contributed by atoms with Crippen LogP contribution in [-0.4, -0.2) is 41.0 Å². The standard InChI is InChI=1S/C13H19BrN4O2/c1-17(11-4-2-3-5-11)7-6-15-13-12(18(19)20)8-10(14)9-16-13/h8-9,11H,2-7H2,1H3,(H,15,16). The number of nitro groups is 1. The minimum Gasteiger partial charge on any atom is -0.363 e. The van der Waals surface area contributed by atoms with Gasteiger partial charge in [0, 0.05) is 35.9 Å². The van der Waals surface area contributed by atoms with Crippen molar-refractivity contribution < 1.29 is 4.92 Å². The molecule has 20 heavy (non-hydrogen) atoms. The molecule has 1 fully saturated rings. The van der Waals surface area contributed by atoms with Gasteiger partial charge in [-0.25, -0.2) is 4.98 Å². The van der Waals surface area contributed by atoms with Crippen molar-refractivity contribution in [1.29, 1.82) is 0 Å². The van der Waals surface area contributed by atoms with Gasteiger partial charge >= 0.3 is 5.69 Å². The molecule has 0 amide bonds. The first kappa shape index (κ1) is 15.2. The molecule has 7 heteroatoms. The Morgan fingerprint density at radius 2 is 2.25 bits per heavy atom. The van der Waals surface area contributed by atoms with E-state index in [0.29, 0.717) is 22.9 Å². The number of hydrogen-bond acceptors (Lipinski definition) is 5. The van der Waals surface area contributed by atoms with Gasteiger partial charge in [-0.1, -0.05) is 12.8 Å². The van der Waals surface area contributed by atoms with Crippen molar-refractivity contribution in [2.45, 2.75) is 31.7 Å². The molecule has 1 saturated carbocycles. The molecule has 1 aliphatic rings. The highest BCUT2D eigenvalue weighted by atomic mass is 79.9. The van der Waals surface area contributed by atoms with E-state index in [1.807, 2.05) is 0 Å². The molecule has 0 bridgehead atoms. The van der Waals surface area contributed by atoms with Gasteiger partial charge in [0.1, 0.15) is 0 Å². The molecule has 0 atom stereocenters. The van der Waals surface area contributed by atoms with Crippen LogP contribution in [0.25, 0.3) is 0 Å². The zero-order chi connectivity index (χ0) is 14.5. The van der Waals surface area contributed by atoms with Crippen LogP contribution < -0.4 is 5.32 Å². The zero-order valence-corrected chi connectivity index (χ0v) is 13.1. The topological polar surface area (TPSA) is 71.3 Å². The maximum Gasteiger partial charge on any atom is 0.312 e. The quantitative estimate of drug-likeness (QED) is 0.635. The number of nitrogens with one attached hydrogen (secondary N) is 1. The minimum absolute atomic E-state index is 0.00268. The number of likely N-dealkylation sites (N-methyl/N-ethyl adjacent to an activating group) is 1. The molecule has 1 aromatic rings. The number of pyridine rings is 1. The van der Waals surface area contributed by atoms with Gasteiger partial charge in [0.25, 0.3) is 0 Å². The van der Waals surface area contributed by atoms with Gasteiger partial charge in [-0.15, -0.1) is 0 Å². The summed E-state index contributed by atoms with van der Waals surface area (Å²) in [7, 11) is 2.11. The molecule has 6 nitrogen and oxygen atoms in total.